The molecule has 1 aliphatic rings. The second-order valence-corrected chi connectivity index (χ2v) is 8.47. The van der Waals surface area contributed by atoms with E-state index in [0.29, 0.717) is 38.7 Å². The van der Waals surface area contributed by atoms with Gasteiger partial charge in [-0.1, -0.05) is 13.8 Å². The summed E-state index contributed by atoms with van der Waals surface area (Å²) in [7, 11) is -3.35. The van der Waals surface area contributed by atoms with E-state index < -0.39 is 22.2 Å². The van der Waals surface area contributed by atoms with Crippen molar-refractivity contribution in [2.45, 2.75) is 39.9 Å². The van der Waals surface area contributed by atoms with Gasteiger partial charge in [-0.3, -0.25) is 9.89 Å². The van der Waals surface area contributed by atoms with Gasteiger partial charge in [-0.05, 0) is 13.8 Å². The monoisotopic (exact) mass is 543 g/mol. The van der Waals surface area contributed by atoms with E-state index in [4.69, 9.17) is 0 Å². The van der Waals surface area contributed by atoms with Gasteiger partial charge in [0.05, 0.1) is 12.3 Å². The van der Waals surface area contributed by atoms with Crippen LogP contribution in [-0.4, -0.2) is 98.8 Å². The summed E-state index contributed by atoms with van der Waals surface area (Å²) in [6, 6.07) is -1.47. The quantitative estimate of drug-likeness (QED) is 0.288. The molecule has 0 aromatic carbocycles. The number of hydrogen-bond donors (Lipinski definition) is 1. The Morgan fingerprint density at radius 2 is 1.68 bits per heavy atom. The summed E-state index contributed by atoms with van der Waals surface area (Å²) in [6.07, 6.45) is -4.24. The average Bonchev–Trinajstić information content (AvgIpc) is 2.60. The molecule has 1 aliphatic heterocycles. The van der Waals surface area contributed by atoms with Crippen molar-refractivity contribution in [3.63, 3.8) is 0 Å². The highest BCUT2D eigenvalue weighted by Gasteiger charge is 2.41. The van der Waals surface area contributed by atoms with Crippen LogP contribution in [0.15, 0.2) is 4.99 Å². The van der Waals surface area contributed by atoms with Gasteiger partial charge in [0.2, 0.25) is 10.0 Å². The molecule has 0 radical (unpaired) electrons. The van der Waals surface area contributed by atoms with E-state index in [2.05, 4.69) is 10.3 Å². The van der Waals surface area contributed by atoms with Crippen molar-refractivity contribution in [3.8, 4) is 0 Å². The van der Waals surface area contributed by atoms with Crippen molar-refractivity contribution < 1.29 is 21.6 Å². The lowest BCUT2D eigenvalue weighted by Gasteiger charge is -2.39. The van der Waals surface area contributed by atoms with Crippen LogP contribution in [0.3, 0.4) is 0 Å². The molecule has 1 heterocycles. The number of guanidine groups is 1. The molecule has 1 unspecified atom stereocenters. The van der Waals surface area contributed by atoms with Gasteiger partial charge in [-0.15, -0.1) is 24.0 Å². The van der Waals surface area contributed by atoms with Gasteiger partial charge in [0.25, 0.3) is 0 Å². The number of halogens is 4. The van der Waals surface area contributed by atoms with Crippen LogP contribution in [0.1, 0.15) is 27.7 Å². The minimum atomic E-state index is -4.24. The zero-order valence-corrected chi connectivity index (χ0v) is 20.1. The Kier molecular flexibility index (Phi) is 12.2. The summed E-state index contributed by atoms with van der Waals surface area (Å²) in [5.74, 6) is 0.459. The van der Waals surface area contributed by atoms with Gasteiger partial charge in [-0.2, -0.15) is 13.2 Å². The van der Waals surface area contributed by atoms with E-state index in [9.17, 15) is 21.6 Å². The van der Waals surface area contributed by atoms with Crippen LogP contribution in [0.4, 0.5) is 13.2 Å². The van der Waals surface area contributed by atoms with Crippen LogP contribution < -0.4 is 5.32 Å². The summed E-state index contributed by atoms with van der Waals surface area (Å²) in [5, 5.41) is 3.10. The molecule has 28 heavy (non-hydrogen) atoms. The number of aliphatic imine (C=N–C) groups is 1. The second-order valence-electron chi connectivity index (χ2n) is 6.38. The largest absolute Gasteiger partial charge is 0.403 e. The average molecular weight is 543 g/mol. The van der Waals surface area contributed by atoms with Crippen molar-refractivity contribution in [1.82, 2.24) is 19.4 Å². The third-order valence-corrected chi connectivity index (χ3v) is 6.68. The maximum absolute atomic E-state index is 12.9. The van der Waals surface area contributed by atoms with Crippen molar-refractivity contribution in [2.75, 3.05) is 58.1 Å². The van der Waals surface area contributed by atoms with E-state index in [1.54, 1.807) is 13.8 Å². The van der Waals surface area contributed by atoms with Crippen LogP contribution in [0.25, 0.3) is 0 Å². The zero-order chi connectivity index (χ0) is 20.7. The Hall–Kier alpha value is -0.340. The Bertz CT molecular complexity index is 577. The molecule has 0 spiro atoms. The molecular weight excluding hydrogens is 510 g/mol. The standard InChI is InChI=1S/C16H32F3N5O2S.HI/c1-5-20-15(21-8-13-27(25,26)24(6-2)7-3)23-11-9-22(10-12-23)14(4)16(17,18)19;/h14H,5-13H2,1-4H3,(H,20,21);1H. The van der Waals surface area contributed by atoms with Gasteiger partial charge in [-0.25, -0.2) is 12.7 Å². The molecule has 0 aliphatic carbocycles. The molecule has 1 fully saturated rings. The fraction of sp³-hybridized carbons (Fsp3) is 0.938. The minimum absolute atomic E-state index is 0. The maximum atomic E-state index is 12.9. The highest BCUT2D eigenvalue weighted by Crippen LogP contribution is 2.25. The first-order chi connectivity index (χ1) is 12.6. The van der Waals surface area contributed by atoms with Crippen LogP contribution in [0.5, 0.6) is 0 Å². The van der Waals surface area contributed by atoms with E-state index in [1.807, 2.05) is 11.8 Å². The number of rotatable bonds is 8. The summed E-state index contributed by atoms with van der Waals surface area (Å²) in [6.45, 7) is 9.57. The Balaban J connectivity index is 0.00000729. The fourth-order valence-corrected chi connectivity index (χ4v) is 4.33. The van der Waals surface area contributed by atoms with Crippen molar-refractivity contribution in [2.24, 2.45) is 4.99 Å². The topological polar surface area (TPSA) is 68.2 Å². The molecule has 0 bridgehead atoms. The van der Waals surface area contributed by atoms with E-state index in [0.717, 1.165) is 0 Å². The molecule has 0 aromatic rings. The van der Waals surface area contributed by atoms with Gasteiger partial charge in [0, 0.05) is 45.8 Å². The molecule has 1 N–H and O–H groups in total. The summed E-state index contributed by atoms with van der Waals surface area (Å²) in [4.78, 5) is 7.67. The molecule has 7 nitrogen and oxygen atoms in total. The third-order valence-electron chi connectivity index (χ3n) is 4.68. The minimum Gasteiger partial charge on any atom is -0.357 e. The SMILES string of the molecule is CCNC(=NCCS(=O)(=O)N(CC)CC)N1CCN(C(C)C(F)(F)F)CC1.I. The second kappa shape index (κ2) is 12.4. The number of nitrogens with one attached hydrogen (secondary N) is 1. The maximum Gasteiger partial charge on any atom is 0.403 e. The number of sulfonamides is 1. The van der Waals surface area contributed by atoms with Gasteiger partial charge < -0.3 is 10.2 Å². The van der Waals surface area contributed by atoms with Crippen molar-refractivity contribution >= 4 is 40.0 Å². The summed E-state index contributed by atoms with van der Waals surface area (Å²) >= 11 is 0. The van der Waals surface area contributed by atoms with Crippen LogP contribution in [-0.2, 0) is 10.0 Å². The first kappa shape index (κ1) is 27.7. The van der Waals surface area contributed by atoms with Crippen LogP contribution in [0.2, 0.25) is 0 Å². The molecule has 12 heteroatoms. The lowest BCUT2D eigenvalue weighted by molar-refractivity contribution is -0.181. The van der Waals surface area contributed by atoms with Gasteiger partial charge in [0.1, 0.15) is 6.04 Å². The number of alkyl halides is 3. The van der Waals surface area contributed by atoms with Gasteiger partial charge in [0.15, 0.2) is 5.96 Å². The smallest absolute Gasteiger partial charge is 0.357 e. The summed E-state index contributed by atoms with van der Waals surface area (Å²) < 4.78 is 64.4. The molecule has 0 saturated carbocycles. The molecule has 1 saturated heterocycles. The predicted molar refractivity (Wildman–Crippen MR) is 117 cm³/mol. The van der Waals surface area contributed by atoms with E-state index >= 15 is 0 Å². The number of piperazine rings is 1. The molecule has 168 valence electrons. The fourth-order valence-electron chi connectivity index (χ4n) is 2.97. The van der Waals surface area contributed by atoms with Crippen LogP contribution in [0, 0.1) is 0 Å². The molecule has 1 atom stereocenters. The molecule has 0 amide bonds. The third kappa shape index (κ3) is 8.19. The Labute approximate surface area is 183 Å². The Morgan fingerprint density at radius 1 is 1.14 bits per heavy atom. The van der Waals surface area contributed by atoms with Crippen molar-refractivity contribution in [1.29, 1.82) is 0 Å². The summed E-state index contributed by atoms with van der Waals surface area (Å²) in [5.41, 5.74) is 0. The highest BCUT2D eigenvalue weighted by molar-refractivity contribution is 14.0. The van der Waals surface area contributed by atoms with Gasteiger partial charge >= 0.3 is 6.18 Å². The normalized spacial score (nSPS) is 18.1. The van der Waals surface area contributed by atoms with Crippen LogP contribution >= 0.6 is 24.0 Å². The first-order valence-electron chi connectivity index (χ1n) is 9.38. The van der Waals surface area contributed by atoms with Crippen molar-refractivity contribution in [3.05, 3.63) is 0 Å². The number of hydrogen-bond acceptors (Lipinski definition) is 4. The molecule has 1 rings (SSSR count). The molecular formula is C16H33F3IN5O2S. The zero-order valence-electron chi connectivity index (χ0n) is 17.0. The van der Waals surface area contributed by atoms with E-state index in [1.165, 1.54) is 16.1 Å². The van der Waals surface area contributed by atoms with E-state index in [-0.39, 0.29) is 49.4 Å². The first-order valence-corrected chi connectivity index (χ1v) is 11.0. The number of nitrogens with zero attached hydrogens (tertiary/aromatic N) is 4. The lowest BCUT2D eigenvalue weighted by Crippen LogP contribution is -2.56. The lowest BCUT2D eigenvalue weighted by atomic mass is 10.2. The predicted octanol–water partition coefficient (Wildman–Crippen LogP) is 1.81. The Morgan fingerprint density at radius 3 is 2.11 bits per heavy atom. The molecule has 0 aromatic heterocycles. The highest BCUT2D eigenvalue weighted by atomic mass is 127.